The highest BCUT2D eigenvalue weighted by atomic mass is 35.5. The van der Waals surface area contributed by atoms with Gasteiger partial charge in [-0.05, 0) is 79.6 Å². The van der Waals surface area contributed by atoms with E-state index in [1.165, 1.54) is 16.4 Å². The van der Waals surface area contributed by atoms with Gasteiger partial charge in [0.1, 0.15) is 0 Å². The molecule has 0 saturated carbocycles. The van der Waals surface area contributed by atoms with Gasteiger partial charge in [0.2, 0.25) is 0 Å². The Labute approximate surface area is 195 Å². The summed E-state index contributed by atoms with van der Waals surface area (Å²) in [6.45, 7) is 1.83. The summed E-state index contributed by atoms with van der Waals surface area (Å²) in [6.07, 6.45) is 0.492. The molecule has 0 fully saturated rings. The molecule has 3 aromatic rings. The van der Waals surface area contributed by atoms with Gasteiger partial charge < -0.3 is 5.32 Å². The Morgan fingerprint density at radius 2 is 1.58 bits per heavy atom. The molecule has 0 saturated heterocycles. The Morgan fingerprint density at radius 3 is 2.23 bits per heavy atom. The lowest BCUT2D eigenvalue weighted by Gasteiger charge is -2.24. The van der Waals surface area contributed by atoms with Crippen LogP contribution in [0.5, 0.6) is 0 Å². The van der Waals surface area contributed by atoms with Gasteiger partial charge in [-0.3, -0.25) is 9.10 Å². The van der Waals surface area contributed by atoms with E-state index in [4.69, 9.17) is 34.8 Å². The van der Waals surface area contributed by atoms with Gasteiger partial charge in [0.15, 0.2) is 0 Å². The zero-order valence-corrected chi connectivity index (χ0v) is 19.4. The summed E-state index contributed by atoms with van der Waals surface area (Å²) in [6, 6.07) is 15.5. The van der Waals surface area contributed by atoms with Crippen molar-refractivity contribution in [1.82, 2.24) is 0 Å². The third-order valence-corrected chi connectivity index (χ3v) is 7.62. The molecular formula is C22H17Cl3N2O3S. The highest BCUT2D eigenvalue weighted by molar-refractivity contribution is 7.92. The number of benzene rings is 3. The first-order valence-corrected chi connectivity index (χ1v) is 11.9. The van der Waals surface area contributed by atoms with Gasteiger partial charge in [0.05, 0.1) is 10.6 Å². The van der Waals surface area contributed by atoms with E-state index in [1.54, 1.807) is 48.5 Å². The van der Waals surface area contributed by atoms with E-state index in [0.29, 0.717) is 38.4 Å². The highest BCUT2D eigenvalue weighted by Gasteiger charge is 2.36. The smallest absolute Gasteiger partial charge is 0.264 e. The average molecular weight is 496 g/mol. The summed E-state index contributed by atoms with van der Waals surface area (Å²) < 4.78 is 27.8. The summed E-state index contributed by atoms with van der Waals surface area (Å²) in [5.74, 6) is -0.340. The van der Waals surface area contributed by atoms with Crippen molar-refractivity contribution in [2.45, 2.75) is 24.3 Å². The molecule has 1 aliphatic heterocycles. The molecule has 1 N–H and O–H groups in total. The van der Waals surface area contributed by atoms with Crippen LogP contribution in [0, 0.1) is 0 Å². The van der Waals surface area contributed by atoms with Crippen molar-refractivity contribution in [3.63, 3.8) is 0 Å². The number of halogens is 3. The SMILES string of the molecule is C[C@@H]1Cc2cc(C(=O)Nc3cc(Cl)cc(Cl)c3)ccc2N1S(=O)(=O)c1ccc(Cl)cc1. The molecule has 1 amide bonds. The minimum absolute atomic E-state index is 0.163. The molecule has 1 heterocycles. The van der Waals surface area contributed by atoms with Crippen LogP contribution < -0.4 is 9.62 Å². The molecule has 0 spiro atoms. The van der Waals surface area contributed by atoms with Gasteiger partial charge in [-0.2, -0.15) is 0 Å². The van der Waals surface area contributed by atoms with Crippen LogP contribution in [0.4, 0.5) is 11.4 Å². The number of hydrogen-bond acceptors (Lipinski definition) is 3. The third kappa shape index (κ3) is 4.39. The van der Waals surface area contributed by atoms with Crippen molar-refractivity contribution in [2.75, 3.05) is 9.62 Å². The van der Waals surface area contributed by atoms with Crippen molar-refractivity contribution in [2.24, 2.45) is 0 Å². The third-order valence-electron chi connectivity index (χ3n) is 4.99. The normalized spacial score (nSPS) is 15.6. The standard InChI is InChI=1S/C22H17Cl3N2O3S/c1-13-8-15-9-14(22(28)26-19-11-17(24)10-18(25)12-19)2-7-21(15)27(13)31(29,30)20-5-3-16(23)4-6-20/h2-7,9-13H,8H2,1H3,(H,26,28)/t13-/m1/s1. The second-order valence-electron chi connectivity index (χ2n) is 7.26. The van der Waals surface area contributed by atoms with Crippen molar-refractivity contribution < 1.29 is 13.2 Å². The minimum atomic E-state index is -3.76. The van der Waals surface area contributed by atoms with Crippen LogP contribution >= 0.6 is 34.8 Å². The Bertz CT molecular complexity index is 1260. The maximum absolute atomic E-state index is 13.2. The zero-order chi connectivity index (χ0) is 22.3. The number of carbonyl (C=O) groups is 1. The zero-order valence-electron chi connectivity index (χ0n) is 16.3. The average Bonchev–Trinajstić information content (AvgIpc) is 3.03. The Morgan fingerprint density at radius 1 is 0.935 bits per heavy atom. The molecule has 0 unspecified atom stereocenters. The van der Waals surface area contributed by atoms with E-state index in [2.05, 4.69) is 5.32 Å². The molecular weight excluding hydrogens is 479 g/mol. The number of amides is 1. The predicted molar refractivity (Wildman–Crippen MR) is 125 cm³/mol. The molecule has 0 radical (unpaired) electrons. The minimum Gasteiger partial charge on any atom is -0.322 e. The number of carbonyl (C=O) groups excluding carboxylic acids is 1. The van der Waals surface area contributed by atoms with Gasteiger partial charge in [-0.1, -0.05) is 34.8 Å². The monoisotopic (exact) mass is 494 g/mol. The fraction of sp³-hybridized carbons (Fsp3) is 0.136. The number of rotatable bonds is 4. The van der Waals surface area contributed by atoms with Crippen LogP contribution in [-0.4, -0.2) is 20.4 Å². The highest BCUT2D eigenvalue weighted by Crippen LogP contribution is 2.37. The summed E-state index contributed by atoms with van der Waals surface area (Å²) in [4.78, 5) is 12.9. The molecule has 1 aliphatic rings. The molecule has 0 aliphatic carbocycles. The van der Waals surface area contributed by atoms with E-state index >= 15 is 0 Å². The van der Waals surface area contributed by atoms with Crippen LogP contribution in [0.1, 0.15) is 22.8 Å². The molecule has 4 rings (SSSR count). The van der Waals surface area contributed by atoms with Crippen LogP contribution in [0.15, 0.2) is 65.6 Å². The van der Waals surface area contributed by atoms with Crippen molar-refractivity contribution in [3.05, 3.63) is 86.9 Å². The van der Waals surface area contributed by atoms with E-state index in [1.807, 2.05) is 6.92 Å². The van der Waals surface area contributed by atoms with Crippen molar-refractivity contribution >= 4 is 62.1 Å². The van der Waals surface area contributed by atoms with E-state index in [-0.39, 0.29) is 16.8 Å². The van der Waals surface area contributed by atoms with Crippen molar-refractivity contribution in [1.29, 1.82) is 0 Å². The first-order chi connectivity index (χ1) is 14.6. The van der Waals surface area contributed by atoms with Gasteiger partial charge >= 0.3 is 0 Å². The van der Waals surface area contributed by atoms with Gasteiger partial charge in [0.25, 0.3) is 15.9 Å². The summed E-state index contributed by atoms with van der Waals surface area (Å²) in [5.41, 5.74) is 2.22. The Hall–Kier alpha value is -2.25. The molecule has 9 heteroatoms. The number of fused-ring (bicyclic) bond motifs is 1. The second kappa shape index (κ2) is 8.36. The molecule has 0 aromatic heterocycles. The lowest BCUT2D eigenvalue weighted by atomic mass is 10.1. The lowest BCUT2D eigenvalue weighted by molar-refractivity contribution is 0.102. The van der Waals surface area contributed by atoms with Crippen molar-refractivity contribution in [3.8, 4) is 0 Å². The number of nitrogens with zero attached hydrogens (tertiary/aromatic N) is 1. The summed E-state index contributed by atoms with van der Waals surface area (Å²) in [7, 11) is -3.76. The lowest BCUT2D eigenvalue weighted by Crippen LogP contribution is -2.35. The predicted octanol–water partition coefficient (Wildman–Crippen LogP) is 6.04. The number of anilines is 2. The van der Waals surface area contributed by atoms with Crippen LogP contribution in [0.3, 0.4) is 0 Å². The summed E-state index contributed by atoms with van der Waals surface area (Å²) in [5, 5.41) is 4.05. The van der Waals surface area contributed by atoms with Gasteiger partial charge in [-0.25, -0.2) is 8.42 Å². The largest absolute Gasteiger partial charge is 0.322 e. The van der Waals surface area contributed by atoms with E-state index < -0.39 is 10.0 Å². The number of sulfonamides is 1. The molecule has 31 heavy (non-hydrogen) atoms. The molecule has 160 valence electrons. The quantitative estimate of drug-likeness (QED) is 0.480. The van der Waals surface area contributed by atoms with E-state index in [0.717, 1.165) is 5.56 Å². The van der Waals surface area contributed by atoms with Gasteiger partial charge in [-0.15, -0.1) is 0 Å². The van der Waals surface area contributed by atoms with Crippen LogP contribution in [-0.2, 0) is 16.4 Å². The number of hydrogen-bond donors (Lipinski definition) is 1. The Balaban J connectivity index is 1.63. The molecule has 0 bridgehead atoms. The van der Waals surface area contributed by atoms with E-state index in [9.17, 15) is 13.2 Å². The van der Waals surface area contributed by atoms with Crippen LogP contribution in [0.25, 0.3) is 0 Å². The van der Waals surface area contributed by atoms with Crippen LogP contribution in [0.2, 0.25) is 15.1 Å². The van der Waals surface area contributed by atoms with Gasteiger partial charge in [0, 0.05) is 32.4 Å². The number of nitrogens with one attached hydrogen (secondary N) is 1. The topological polar surface area (TPSA) is 66.5 Å². The maximum atomic E-state index is 13.2. The fourth-order valence-corrected chi connectivity index (χ4v) is 6.00. The second-order valence-corrected chi connectivity index (χ2v) is 10.4. The summed E-state index contributed by atoms with van der Waals surface area (Å²) >= 11 is 17.9. The Kier molecular flexibility index (Phi) is 5.92. The fourth-order valence-electron chi connectivity index (χ4n) is 3.66. The molecule has 3 aromatic carbocycles. The molecule has 5 nitrogen and oxygen atoms in total. The maximum Gasteiger partial charge on any atom is 0.264 e. The molecule has 1 atom stereocenters. The first kappa shape index (κ1) is 22.0. The first-order valence-electron chi connectivity index (χ1n) is 9.35.